The van der Waals surface area contributed by atoms with E-state index in [0.29, 0.717) is 22.3 Å². The van der Waals surface area contributed by atoms with Crippen LogP contribution < -0.4 is 16.1 Å². The average molecular weight is 295 g/mol. The van der Waals surface area contributed by atoms with E-state index >= 15 is 0 Å². The molecule has 0 radical (unpaired) electrons. The summed E-state index contributed by atoms with van der Waals surface area (Å²) in [5, 5.41) is 0.633. The fourth-order valence-electron chi connectivity index (χ4n) is 2.33. The maximum atomic E-state index is 12.2. The highest BCUT2D eigenvalue weighted by Crippen LogP contribution is 2.25. The number of primary amides is 1. The van der Waals surface area contributed by atoms with Crippen molar-refractivity contribution in [2.45, 2.75) is 0 Å². The molecule has 1 aromatic heterocycles. The molecule has 110 valence electrons. The highest BCUT2D eigenvalue weighted by molar-refractivity contribution is 6.04. The molecule has 2 aromatic carbocycles. The third-order valence-electron chi connectivity index (χ3n) is 3.41. The van der Waals surface area contributed by atoms with Crippen molar-refractivity contribution in [3.63, 3.8) is 0 Å². The summed E-state index contributed by atoms with van der Waals surface area (Å²) in [6.07, 6.45) is 0. The minimum absolute atomic E-state index is 0.187. The fourth-order valence-corrected chi connectivity index (χ4v) is 2.33. The largest absolute Gasteiger partial charge is 0.497 e. The van der Waals surface area contributed by atoms with E-state index in [-0.39, 0.29) is 11.1 Å². The van der Waals surface area contributed by atoms with Gasteiger partial charge in [-0.1, -0.05) is 24.3 Å². The van der Waals surface area contributed by atoms with Crippen molar-refractivity contribution in [3.8, 4) is 16.9 Å². The molecule has 22 heavy (non-hydrogen) atoms. The maximum absolute atomic E-state index is 12.2. The van der Waals surface area contributed by atoms with Gasteiger partial charge in [0.2, 0.25) is 0 Å². The quantitative estimate of drug-likeness (QED) is 0.753. The molecule has 0 saturated carbocycles. The number of nitrogens with two attached hydrogens (primary N) is 1. The Morgan fingerprint density at radius 2 is 1.91 bits per heavy atom. The summed E-state index contributed by atoms with van der Waals surface area (Å²) in [6, 6.07) is 13.8. The first-order valence-corrected chi connectivity index (χ1v) is 6.61. The molecule has 0 aliphatic rings. The number of amides is 1. The number of para-hydroxylation sites is 1. The van der Waals surface area contributed by atoms with E-state index in [4.69, 9.17) is 14.9 Å². The lowest BCUT2D eigenvalue weighted by Gasteiger charge is -2.06. The summed E-state index contributed by atoms with van der Waals surface area (Å²) in [6.45, 7) is 0. The Balaban J connectivity index is 2.26. The average Bonchev–Trinajstić information content (AvgIpc) is 2.53. The van der Waals surface area contributed by atoms with Gasteiger partial charge in [0.15, 0.2) is 5.58 Å². The zero-order chi connectivity index (χ0) is 15.7. The number of benzene rings is 2. The number of hydrogen-bond acceptors (Lipinski definition) is 4. The molecule has 0 bridgehead atoms. The lowest BCUT2D eigenvalue weighted by Crippen LogP contribution is -2.12. The lowest BCUT2D eigenvalue weighted by atomic mass is 10.0. The Morgan fingerprint density at radius 3 is 2.64 bits per heavy atom. The number of methoxy groups -OCH3 is 1. The van der Waals surface area contributed by atoms with Gasteiger partial charge in [-0.3, -0.25) is 4.79 Å². The molecule has 5 heteroatoms. The molecule has 1 heterocycles. The number of fused-ring (bicyclic) bond motifs is 1. The standard InChI is InChI=1S/C17H13NO4/c1-21-12-6-2-4-10(8-12)14-9-11-5-3-7-13(16(18)19)15(11)22-17(14)20/h2-9H,1H3,(H2,18,19). The van der Waals surface area contributed by atoms with Gasteiger partial charge >= 0.3 is 5.63 Å². The van der Waals surface area contributed by atoms with E-state index in [1.165, 1.54) is 6.07 Å². The lowest BCUT2D eigenvalue weighted by molar-refractivity contribution is 0.100. The number of rotatable bonds is 3. The van der Waals surface area contributed by atoms with Gasteiger partial charge in [0.05, 0.1) is 18.2 Å². The number of ether oxygens (including phenoxy) is 1. The predicted octanol–water partition coefficient (Wildman–Crippen LogP) is 2.57. The number of hydrogen-bond donors (Lipinski definition) is 1. The smallest absolute Gasteiger partial charge is 0.344 e. The van der Waals surface area contributed by atoms with Gasteiger partial charge in [0.1, 0.15) is 5.75 Å². The molecule has 0 unspecified atom stereocenters. The van der Waals surface area contributed by atoms with E-state index < -0.39 is 11.5 Å². The Labute approximate surface area is 125 Å². The van der Waals surface area contributed by atoms with Gasteiger partial charge in [-0.25, -0.2) is 4.79 Å². The normalized spacial score (nSPS) is 10.6. The van der Waals surface area contributed by atoms with Gasteiger partial charge < -0.3 is 14.9 Å². The third kappa shape index (κ3) is 2.33. The van der Waals surface area contributed by atoms with E-state index in [1.54, 1.807) is 49.6 Å². The molecule has 0 fully saturated rings. The molecule has 0 spiro atoms. The summed E-state index contributed by atoms with van der Waals surface area (Å²) < 4.78 is 10.5. The van der Waals surface area contributed by atoms with E-state index in [0.717, 1.165) is 0 Å². The van der Waals surface area contributed by atoms with Crippen LogP contribution in [0.1, 0.15) is 10.4 Å². The van der Waals surface area contributed by atoms with Crippen molar-refractivity contribution in [2.75, 3.05) is 7.11 Å². The van der Waals surface area contributed by atoms with Crippen LogP contribution in [-0.2, 0) is 0 Å². The van der Waals surface area contributed by atoms with Crippen molar-refractivity contribution >= 4 is 16.9 Å². The third-order valence-corrected chi connectivity index (χ3v) is 3.41. The van der Waals surface area contributed by atoms with Crippen LogP contribution in [0.15, 0.2) is 57.7 Å². The van der Waals surface area contributed by atoms with Gasteiger partial charge in [0, 0.05) is 5.39 Å². The van der Waals surface area contributed by atoms with Crippen molar-refractivity contribution in [3.05, 3.63) is 64.5 Å². The predicted molar refractivity (Wildman–Crippen MR) is 83.0 cm³/mol. The summed E-state index contributed by atoms with van der Waals surface area (Å²) >= 11 is 0. The van der Waals surface area contributed by atoms with Gasteiger partial charge in [0.25, 0.3) is 5.91 Å². The van der Waals surface area contributed by atoms with Crippen LogP contribution in [-0.4, -0.2) is 13.0 Å². The molecular weight excluding hydrogens is 282 g/mol. The second-order valence-electron chi connectivity index (χ2n) is 4.77. The zero-order valence-electron chi connectivity index (χ0n) is 11.8. The Kier molecular flexibility index (Phi) is 3.39. The molecule has 0 aliphatic heterocycles. The summed E-state index contributed by atoms with van der Waals surface area (Å²) in [4.78, 5) is 23.7. The minimum atomic E-state index is -0.636. The Hall–Kier alpha value is -3.08. The summed E-state index contributed by atoms with van der Waals surface area (Å²) in [7, 11) is 1.56. The maximum Gasteiger partial charge on any atom is 0.344 e. The molecule has 0 atom stereocenters. The number of carbonyl (C=O) groups excluding carboxylic acids is 1. The van der Waals surface area contributed by atoms with Crippen molar-refractivity contribution < 1.29 is 13.9 Å². The minimum Gasteiger partial charge on any atom is -0.497 e. The van der Waals surface area contributed by atoms with Gasteiger partial charge in [-0.05, 0) is 29.8 Å². The van der Waals surface area contributed by atoms with Crippen LogP contribution in [0.4, 0.5) is 0 Å². The molecule has 1 amide bonds. The Morgan fingerprint density at radius 1 is 1.14 bits per heavy atom. The number of carbonyl (C=O) groups is 1. The summed E-state index contributed by atoms with van der Waals surface area (Å²) in [5.41, 5.74) is 6.23. The monoisotopic (exact) mass is 295 g/mol. The van der Waals surface area contributed by atoms with Crippen molar-refractivity contribution in [1.82, 2.24) is 0 Å². The van der Waals surface area contributed by atoms with Gasteiger partial charge in [-0.15, -0.1) is 0 Å². The fraction of sp³-hybridized carbons (Fsp3) is 0.0588. The van der Waals surface area contributed by atoms with Crippen LogP contribution in [0.3, 0.4) is 0 Å². The molecule has 2 N–H and O–H groups in total. The molecule has 3 aromatic rings. The van der Waals surface area contributed by atoms with Crippen molar-refractivity contribution in [1.29, 1.82) is 0 Å². The van der Waals surface area contributed by atoms with Crippen molar-refractivity contribution in [2.24, 2.45) is 5.73 Å². The van der Waals surface area contributed by atoms with Crippen LogP contribution >= 0.6 is 0 Å². The molecule has 0 saturated heterocycles. The first-order chi connectivity index (χ1) is 10.6. The zero-order valence-corrected chi connectivity index (χ0v) is 11.8. The van der Waals surface area contributed by atoms with Crippen LogP contribution in [0, 0.1) is 0 Å². The Bertz CT molecular complexity index is 927. The molecular formula is C17H13NO4. The second-order valence-corrected chi connectivity index (χ2v) is 4.77. The molecule has 3 rings (SSSR count). The topological polar surface area (TPSA) is 82.5 Å². The molecule has 5 nitrogen and oxygen atoms in total. The van der Waals surface area contributed by atoms with E-state index in [9.17, 15) is 9.59 Å². The van der Waals surface area contributed by atoms with Gasteiger partial charge in [-0.2, -0.15) is 0 Å². The molecule has 0 aliphatic carbocycles. The van der Waals surface area contributed by atoms with E-state index in [1.807, 2.05) is 0 Å². The highest BCUT2D eigenvalue weighted by atomic mass is 16.5. The first kappa shape index (κ1) is 13.9. The SMILES string of the molecule is COc1cccc(-c2cc3cccc(C(N)=O)c3oc2=O)c1. The van der Waals surface area contributed by atoms with E-state index in [2.05, 4.69) is 0 Å². The highest BCUT2D eigenvalue weighted by Gasteiger charge is 2.13. The second kappa shape index (κ2) is 5.37. The van der Waals surface area contributed by atoms with Crippen LogP contribution in [0.2, 0.25) is 0 Å². The summed E-state index contributed by atoms with van der Waals surface area (Å²) in [5.74, 6) is 0.00534. The van der Waals surface area contributed by atoms with Crippen LogP contribution in [0.25, 0.3) is 22.1 Å². The van der Waals surface area contributed by atoms with Crippen LogP contribution in [0.5, 0.6) is 5.75 Å². The first-order valence-electron chi connectivity index (χ1n) is 6.61.